The van der Waals surface area contributed by atoms with Gasteiger partial charge in [0.15, 0.2) is 0 Å². The summed E-state index contributed by atoms with van der Waals surface area (Å²) in [6, 6.07) is 10.7. The van der Waals surface area contributed by atoms with Gasteiger partial charge in [-0.3, -0.25) is 14.7 Å². The zero-order valence-corrected chi connectivity index (χ0v) is 22.7. The van der Waals surface area contributed by atoms with Gasteiger partial charge in [0.1, 0.15) is 5.75 Å². The third-order valence-corrected chi connectivity index (χ3v) is 6.89. The highest BCUT2D eigenvalue weighted by atomic mass is 19.4. The molecule has 2 aromatic carbocycles. The summed E-state index contributed by atoms with van der Waals surface area (Å²) in [5, 5.41) is 14.9. The number of carbonyl (C=O) groups excluding carboxylic acids is 2. The van der Waals surface area contributed by atoms with Gasteiger partial charge in [-0.05, 0) is 35.9 Å². The number of rotatable bonds is 7. The maximum absolute atomic E-state index is 13.1. The fourth-order valence-corrected chi connectivity index (χ4v) is 4.54. The van der Waals surface area contributed by atoms with E-state index in [2.05, 4.69) is 15.6 Å². The summed E-state index contributed by atoms with van der Waals surface area (Å²) in [5.74, 6) is -0.0190. The molecule has 1 saturated heterocycles. The number of nitrogens with zero attached hydrogens (tertiary/aromatic N) is 3. The Balaban J connectivity index is 1.34. The first-order valence-corrected chi connectivity index (χ1v) is 12.9. The standard InChI is InChI=1S/C28H27F6N5O4/c1-43-23-16-19(4-7-22(23)37-25(41)36-21-8-10-35-11-9-21)24(40)39-14-12-38(13-15-39)17-18-2-5-20(6-3-18)26(42,27(29,30)31)28(32,33)34/h2-11,16,42H,12-15,17H2,1H3,(H2,35,36,37,41). The molecule has 0 bridgehead atoms. The number of alkyl halides is 6. The largest absolute Gasteiger partial charge is 0.495 e. The van der Waals surface area contributed by atoms with Crippen LogP contribution >= 0.6 is 0 Å². The fraction of sp³-hybridized carbons (Fsp3) is 0.321. The third-order valence-electron chi connectivity index (χ3n) is 6.89. The summed E-state index contributed by atoms with van der Waals surface area (Å²) >= 11 is 0. The molecule has 4 rings (SSSR count). The predicted molar refractivity (Wildman–Crippen MR) is 144 cm³/mol. The number of aliphatic hydroxyl groups is 1. The maximum atomic E-state index is 13.1. The zero-order valence-electron chi connectivity index (χ0n) is 22.7. The van der Waals surface area contributed by atoms with Gasteiger partial charge in [0.2, 0.25) is 0 Å². The molecule has 0 aliphatic carbocycles. The number of urea groups is 1. The Hall–Kier alpha value is -4.37. The average Bonchev–Trinajstić information content (AvgIpc) is 2.96. The van der Waals surface area contributed by atoms with Gasteiger partial charge in [0, 0.05) is 61.9 Å². The second kappa shape index (κ2) is 12.5. The van der Waals surface area contributed by atoms with Crippen LogP contribution in [0.5, 0.6) is 5.75 Å². The first-order chi connectivity index (χ1) is 20.2. The lowest BCUT2D eigenvalue weighted by Gasteiger charge is -2.35. The van der Waals surface area contributed by atoms with Crippen molar-refractivity contribution in [3.8, 4) is 5.75 Å². The lowest BCUT2D eigenvalue weighted by molar-refractivity contribution is -0.376. The topological polar surface area (TPSA) is 107 Å². The van der Waals surface area contributed by atoms with E-state index in [0.717, 1.165) is 12.1 Å². The van der Waals surface area contributed by atoms with E-state index in [1.165, 1.54) is 31.6 Å². The number of aromatic nitrogens is 1. The minimum absolute atomic E-state index is 0.217. The van der Waals surface area contributed by atoms with Gasteiger partial charge < -0.3 is 25.4 Å². The number of halogens is 6. The summed E-state index contributed by atoms with van der Waals surface area (Å²) < 4.78 is 84.1. The molecule has 0 spiro atoms. The predicted octanol–water partition coefficient (Wildman–Crippen LogP) is 5.00. The van der Waals surface area contributed by atoms with Crippen LogP contribution in [0.2, 0.25) is 0 Å². The minimum Gasteiger partial charge on any atom is -0.495 e. The number of methoxy groups -OCH3 is 1. The monoisotopic (exact) mass is 611 g/mol. The van der Waals surface area contributed by atoms with E-state index in [1.54, 1.807) is 23.1 Å². The normalized spacial score (nSPS) is 14.7. The van der Waals surface area contributed by atoms with Crippen molar-refractivity contribution in [2.24, 2.45) is 0 Å². The summed E-state index contributed by atoms with van der Waals surface area (Å²) in [7, 11) is 1.40. The quantitative estimate of drug-likeness (QED) is 0.325. The van der Waals surface area contributed by atoms with Crippen LogP contribution in [-0.4, -0.2) is 77.5 Å². The highest BCUT2D eigenvalue weighted by Crippen LogP contribution is 2.50. The summed E-state index contributed by atoms with van der Waals surface area (Å²) in [6.45, 7) is 1.64. The molecular weight excluding hydrogens is 584 g/mol. The fourth-order valence-electron chi connectivity index (χ4n) is 4.54. The molecule has 1 aliphatic heterocycles. The Kier molecular flexibility index (Phi) is 9.15. The number of amides is 3. The second-order valence-electron chi connectivity index (χ2n) is 9.70. The van der Waals surface area contributed by atoms with Gasteiger partial charge in [0.25, 0.3) is 11.5 Å². The number of nitrogens with one attached hydrogen (secondary N) is 2. The number of benzene rings is 2. The molecule has 0 unspecified atom stereocenters. The SMILES string of the molecule is COc1cc(C(=O)N2CCN(Cc3ccc(C(O)(C(F)(F)F)C(F)(F)F)cc3)CC2)ccc1NC(=O)Nc1ccncc1. The van der Waals surface area contributed by atoms with Gasteiger partial charge >= 0.3 is 18.4 Å². The molecule has 3 N–H and O–H groups in total. The third kappa shape index (κ3) is 7.00. The molecule has 1 aliphatic rings. The summed E-state index contributed by atoms with van der Waals surface area (Å²) in [4.78, 5) is 32.9. The molecule has 3 aromatic rings. The van der Waals surface area contributed by atoms with Crippen LogP contribution in [0, 0.1) is 0 Å². The van der Waals surface area contributed by atoms with Crippen molar-refractivity contribution in [1.29, 1.82) is 0 Å². The molecule has 15 heteroatoms. The first-order valence-electron chi connectivity index (χ1n) is 12.9. The van der Waals surface area contributed by atoms with E-state index < -0.39 is 29.5 Å². The molecule has 43 heavy (non-hydrogen) atoms. The number of ether oxygens (including phenoxy) is 1. The van der Waals surface area contributed by atoms with Crippen molar-refractivity contribution in [3.63, 3.8) is 0 Å². The van der Waals surface area contributed by atoms with E-state index in [9.17, 15) is 41.0 Å². The lowest BCUT2D eigenvalue weighted by Crippen LogP contribution is -2.53. The molecule has 230 valence electrons. The number of piperazine rings is 1. The van der Waals surface area contributed by atoms with Gasteiger partial charge in [-0.15, -0.1) is 0 Å². The average molecular weight is 612 g/mol. The molecule has 2 heterocycles. The van der Waals surface area contributed by atoms with Crippen LogP contribution in [-0.2, 0) is 12.1 Å². The van der Waals surface area contributed by atoms with E-state index >= 15 is 0 Å². The molecule has 9 nitrogen and oxygen atoms in total. The number of carbonyl (C=O) groups is 2. The second-order valence-corrected chi connectivity index (χ2v) is 9.70. The van der Waals surface area contributed by atoms with Crippen LogP contribution in [0.4, 0.5) is 42.5 Å². The Morgan fingerprint density at radius 3 is 2.05 bits per heavy atom. The molecule has 0 atom stereocenters. The zero-order chi connectivity index (χ0) is 31.4. The molecule has 0 radical (unpaired) electrons. The molecule has 3 amide bonds. The molecule has 0 saturated carbocycles. The van der Waals surface area contributed by atoms with Gasteiger partial charge in [-0.1, -0.05) is 24.3 Å². The van der Waals surface area contributed by atoms with Crippen LogP contribution in [0.1, 0.15) is 21.5 Å². The van der Waals surface area contributed by atoms with E-state index in [-0.39, 0.29) is 18.2 Å². The van der Waals surface area contributed by atoms with Gasteiger partial charge in [-0.25, -0.2) is 4.79 Å². The molecule has 1 aromatic heterocycles. The van der Waals surface area contributed by atoms with Crippen molar-refractivity contribution in [1.82, 2.24) is 14.8 Å². The highest BCUT2D eigenvalue weighted by Gasteiger charge is 2.71. The lowest BCUT2D eigenvalue weighted by atomic mass is 9.91. The Morgan fingerprint density at radius 1 is 0.884 bits per heavy atom. The van der Waals surface area contributed by atoms with E-state index in [4.69, 9.17) is 4.74 Å². The van der Waals surface area contributed by atoms with Crippen molar-refractivity contribution in [2.45, 2.75) is 24.5 Å². The Labute approximate surface area is 242 Å². The minimum atomic E-state index is -5.95. The van der Waals surface area contributed by atoms with Gasteiger partial charge in [0.05, 0.1) is 12.8 Å². The van der Waals surface area contributed by atoms with E-state index in [1.807, 2.05) is 4.90 Å². The first kappa shape index (κ1) is 31.6. The Morgan fingerprint density at radius 2 is 1.49 bits per heavy atom. The summed E-state index contributed by atoms with van der Waals surface area (Å²) in [5.41, 5.74) is -4.67. The maximum Gasteiger partial charge on any atom is 0.430 e. The van der Waals surface area contributed by atoms with Gasteiger partial charge in [-0.2, -0.15) is 26.3 Å². The summed E-state index contributed by atoms with van der Waals surface area (Å²) in [6.07, 6.45) is -8.86. The van der Waals surface area contributed by atoms with Crippen molar-refractivity contribution >= 4 is 23.3 Å². The van der Waals surface area contributed by atoms with E-state index in [0.29, 0.717) is 60.8 Å². The number of anilines is 2. The van der Waals surface area contributed by atoms with Crippen LogP contribution in [0.3, 0.4) is 0 Å². The van der Waals surface area contributed by atoms with Crippen molar-refractivity contribution in [2.75, 3.05) is 43.9 Å². The Bertz CT molecular complexity index is 1410. The number of pyridine rings is 1. The molecular formula is C28H27F6N5O4. The van der Waals surface area contributed by atoms with Crippen LogP contribution in [0.15, 0.2) is 67.0 Å². The number of hydrogen-bond acceptors (Lipinski definition) is 6. The molecule has 1 fully saturated rings. The number of hydrogen-bond donors (Lipinski definition) is 3. The smallest absolute Gasteiger partial charge is 0.430 e. The van der Waals surface area contributed by atoms with Crippen molar-refractivity contribution in [3.05, 3.63) is 83.7 Å². The van der Waals surface area contributed by atoms with Crippen LogP contribution < -0.4 is 15.4 Å². The highest BCUT2D eigenvalue weighted by molar-refractivity contribution is 6.01. The van der Waals surface area contributed by atoms with Crippen molar-refractivity contribution < 1.29 is 45.8 Å². The van der Waals surface area contributed by atoms with Crippen LogP contribution in [0.25, 0.3) is 0 Å².